The summed E-state index contributed by atoms with van der Waals surface area (Å²) < 4.78 is 3.09. The van der Waals surface area contributed by atoms with Crippen molar-refractivity contribution in [2.24, 2.45) is 0 Å². The Balaban J connectivity index is 1.71. The quantitative estimate of drug-likeness (QED) is 0.352. The highest BCUT2D eigenvalue weighted by Gasteiger charge is 2.18. The molecule has 172 valence electrons. The van der Waals surface area contributed by atoms with Crippen molar-refractivity contribution in [3.05, 3.63) is 51.9 Å². The maximum atomic E-state index is 12.1. The molecule has 3 aromatic heterocycles. The number of hydrogen-bond donors (Lipinski definition) is 3. The van der Waals surface area contributed by atoms with Gasteiger partial charge in [-0.25, -0.2) is 9.97 Å². The zero-order chi connectivity index (χ0) is 23.9. The number of hydrogen-bond acceptors (Lipinski definition) is 5. The smallest absolute Gasteiger partial charge is 0.238 e. The number of carbonyl (C=O) groups excluding carboxylic acids is 1. The monoisotopic (exact) mass is 509 g/mol. The van der Waals surface area contributed by atoms with Crippen molar-refractivity contribution in [2.75, 3.05) is 38.3 Å². The van der Waals surface area contributed by atoms with Crippen molar-refractivity contribution in [2.45, 2.75) is 20.8 Å². The molecule has 0 spiro atoms. The summed E-state index contributed by atoms with van der Waals surface area (Å²) in [7, 11) is 5.63. The molecule has 0 aliphatic rings. The lowest BCUT2D eigenvalue weighted by molar-refractivity contribution is -0.116. The summed E-state index contributed by atoms with van der Waals surface area (Å²) in [6.07, 6.45) is 1.75. The highest BCUT2D eigenvalue weighted by molar-refractivity contribution is 9.10. The van der Waals surface area contributed by atoms with Crippen LogP contribution in [0.2, 0.25) is 0 Å². The first-order valence-electron chi connectivity index (χ1n) is 10.7. The molecule has 4 rings (SSSR count). The Bertz CT molecular complexity index is 1350. The average molecular weight is 510 g/mol. The van der Waals surface area contributed by atoms with Crippen LogP contribution in [0.3, 0.4) is 0 Å². The molecule has 9 heteroatoms. The molecule has 33 heavy (non-hydrogen) atoms. The summed E-state index contributed by atoms with van der Waals surface area (Å²) in [4.78, 5) is 26.6. The number of aromatic amines is 1. The second kappa shape index (κ2) is 8.99. The van der Waals surface area contributed by atoms with Gasteiger partial charge in [0, 0.05) is 41.6 Å². The summed E-state index contributed by atoms with van der Waals surface area (Å²) >= 11 is 3.54. The van der Waals surface area contributed by atoms with Gasteiger partial charge in [0.2, 0.25) is 5.91 Å². The number of H-pyrrole nitrogens is 1. The molecule has 3 heterocycles. The van der Waals surface area contributed by atoms with Crippen LogP contribution in [0.4, 0.5) is 11.4 Å². The number of pyridine rings is 1. The molecule has 0 atom stereocenters. The Kier molecular flexibility index (Phi) is 6.27. The van der Waals surface area contributed by atoms with Gasteiger partial charge in [-0.2, -0.15) is 0 Å². The number of nitrogens with one attached hydrogen (secondary N) is 3. The van der Waals surface area contributed by atoms with Crippen molar-refractivity contribution in [1.82, 2.24) is 24.4 Å². The molecule has 8 nitrogen and oxygen atoms in total. The zero-order valence-corrected chi connectivity index (χ0v) is 21.3. The molecule has 1 amide bonds. The van der Waals surface area contributed by atoms with Crippen LogP contribution in [-0.2, 0) is 4.79 Å². The first-order chi connectivity index (χ1) is 15.7. The molecule has 3 N–H and O–H groups in total. The van der Waals surface area contributed by atoms with Crippen molar-refractivity contribution in [1.29, 1.82) is 0 Å². The molecule has 0 unspecified atom stereocenters. The molecule has 0 saturated carbocycles. The van der Waals surface area contributed by atoms with E-state index in [1.165, 1.54) is 0 Å². The van der Waals surface area contributed by atoms with Crippen LogP contribution in [0.15, 0.2) is 34.9 Å². The molecular weight excluding hydrogens is 482 g/mol. The summed E-state index contributed by atoms with van der Waals surface area (Å²) in [6.45, 7) is 6.57. The van der Waals surface area contributed by atoms with Crippen molar-refractivity contribution >= 4 is 44.4 Å². The lowest BCUT2D eigenvalue weighted by Gasteiger charge is -2.15. The number of aryl methyl sites for hydroxylation is 2. The number of benzene rings is 1. The molecule has 4 aromatic rings. The second-order valence-corrected chi connectivity index (χ2v) is 9.28. The van der Waals surface area contributed by atoms with Crippen LogP contribution < -0.4 is 10.6 Å². The number of carbonyl (C=O) groups is 1. The minimum absolute atomic E-state index is 0.0335. The van der Waals surface area contributed by atoms with E-state index in [2.05, 4.69) is 67.9 Å². The summed E-state index contributed by atoms with van der Waals surface area (Å²) in [5.74, 6) is 0.741. The van der Waals surface area contributed by atoms with E-state index < -0.39 is 0 Å². The molecule has 1 aromatic carbocycles. The molecule has 0 aliphatic carbocycles. The van der Waals surface area contributed by atoms with Crippen LogP contribution in [0.5, 0.6) is 0 Å². The minimum atomic E-state index is -0.0335. The fourth-order valence-electron chi connectivity index (χ4n) is 4.15. The summed E-state index contributed by atoms with van der Waals surface area (Å²) in [5.41, 5.74) is 8.56. The molecule has 0 radical (unpaired) electrons. The van der Waals surface area contributed by atoms with Gasteiger partial charge in [0.1, 0.15) is 11.3 Å². The molecule has 0 aliphatic heterocycles. The van der Waals surface area contributed by atoms with Crippen LogP contribution in [0.25, 0.3) is 28.2 Å². The number of anilines is 2. The maximum Gasteiger partial charge on any atom is 0.238 e. The van der Waals surface area contributed by atoms with Crippen LogP contribution in [0.1, 0.15) is 17.0 Å². The van der Waals surface area contributed by atoms with E-state index in [-0.39, 0.29) is 5.91 Å². The van der Waals surface area contributed by atoms with E-state index >= 15 is 0 Å². The van der Waals surface area contributed by atoms with Gasteiger partial charge in [-0.1, -0.05) is 0 Å². The van der Waals surface area contributed by atoms with E-state index in [9.17, 15) is 4.79 Å². The first-order valence-corrected chi connectivity index (χ1v) is 11.5. The Morgan fingerprint density at radius 3 is 2.64 bits per heavy atom. The fraction of sp³-hybridized carbons (Fsp3) is 0.292. The lowest BCUT2D eigenvalue weighted by atomic mass is 10.1. The van der Waals surface area contributed by atoms with Gasteiger partial charge in [0.05, 0.1) is 16.7 Å². The van der Waals surface area contributed by atoms with E-state index in [0.29, 0.717) is 12.2 Å². The number of aromatic nitrogens is 4. The number of amides is 1. The molecule has 0 bridgehead atoms. The number of imidazole rings is 1. The Hall–Kier alpha value is -3.17. The Labute approximate surface area is 201 Å². The van der Waals surface area contributed by atoms with Crippen LogP contribution >= 0.6 is 15.9 Å². The predicted molar refractivity (Wildman–Crippen MR) is 137 cm³/mol. The third-order valence-corrected chi connectivity index (χ3v) is 6.19. The summed E-state index contributed by atoms with van der Waals surface area (Å²) in [6, 6.07) is 8.12. The molecule has 0 saturated heterocycles. The first kappa shape index (κ1) is 23.0. The number of nitrogens with zero attached hydrogens (tertiary/aromatic N) is 4. The van der Waals surface area contributed by atoms with Crippen molar-refractivity contribution in [3.8, 4) is 17.1 Å². The van der Waals surface area contributed by atoms with Gasteiger partial charge in [0.25, 0.3) is 0 Å². The van der Waals surface area contributed by atoms with Crippen LogP contribution in [-0.4, -0.2) is 58.0 Å². The lowest BCUT2D eigenvalue weighted by Crippen LogP contribution is -2.27. The van der Waals surface area contributed by atoms with Gasteiger partial charge >= 0.3 is 0 Å². The second-order valence-electron chi connectivity index (χ2n) is 8.42. The fourth-order valence-corrected chi connectivity index (χ4v) is 4.65. The molecular formula is C24H28BrN7O. The maximum absolute atomic E-state index is 12.1. The van der Waals surface area contributed by atoms with Gasteiger partial charge in [-0.3, -0.25) is 4.79 Å². The van der Waals surface area contributed by atoms with Crippen molar-refractivity contribution in [3.63, 3.8) is 0 Å². The van der Waals surface area contributed by atoms with E-state index in [0.717, 1.165) is 55.4 Å². The van der Waals surface area contributed by atoms with Gasteiger partial charge in [-0.05, 0) is 80.6 Å². The standard InChI is InChI=1S/C24H28BrN7O/c1-13-9-16(28-20(33)12-31(5)6)7-8-19(13)32-14(2)10-17(15(32)3)23-29-22-21(26-4)18(25)11-27-24(22)30-23/h7-11H,12H2,1-6H3,(H,28,33)(H2,26,27,29,30). The minimum Gasteiger partial charge on any atom is -0.385 e. The largest absolute Gasteiger partial charge is 0.385 e. The Morgan fingerprint density at radius 1 is 1.21 bits per heavy atom. The topological polar surface area (TPSA) is 90.9 Å². The van der Waals surface area contributed by atoms with Gasteiger partial charge in [-0.15, -0.1) is 0 Å². The zero-order valence-electron chi connectivity index (χ0n) is 19.7. The predicted octanol–water partition coefficient (Wildman–Crippen LogP) is 4.65. The summed E-state index contributed by atoms with van der Waals surface area (Å²) in [5, 5.41) is 6.16. The number of fused-ring (bicyclic) bond motifs is 1. The van der Waals surface area contributed by atoms with E-state index in [4.69, 9.17) is 4.98 Å². The van der Waals surface area contributed by atoms with Gasteiger partial charge < -0.3 is 25.1 Å². The number of rotatable bonds is 6. The Morgan fingerprint density at radius 2 is 1.97 bits per heavy atom. The third kappa shape index (κ3) is 4.38. The third-order valence-electron chi connectivity index (χ3n) is 5.59. The van der Waals surface area contributed by atoms with E-state index in [1.54, 1.807) is 6.20 Å². The van der Waals surface area contributed by atoms with E-state index in [1.807, 2.05) is 44.2 Å². The number of halogens is 1. The highest BCUT2D eigenvalue weighted by atomic mass is 79.9. The highest BCUT2D eigenvalue weighted by Crippen LogP contribution is 2.33. The normalized spacial score (nSPS) is 11.4. The molecule has 0 fully saturated rings. The average Bonchev–Trinajstić information content (AvgIpc) is 3.28. The van der Waals surface area contributed by atoms with Crippen LogP contribution in [0, 0.1) is 20.8 Å². The SMILES string of the molecule is CNc1c(Br)cnc2nc(-c3cc(C)n(-c4ccc(NC(=O)CN(C)C)cc4C)c3C)[nH]c12. The number of likely N-dealkylation sites (N-methyl/N-ethyl adjacent to an activating group) is 1. The van der Waals surface area contributed by atoms with Gasteiger partial charge in [0.15, 0.2) is 5.65 Å². The van der Waals surface area contributed by atoms with Crippen molar-refractivity contribution < 1.29 is 4.79 Å².